The van der Waals surface area contributed by atoms with Crippen molar-refractivity contribution in [1.82, 2.24) is 0 Å². The van der Waals surface area contributed by atoms with Crippen molar-refractivity contribution in [3.05, 3.63) is 70.8 Å². The van der Waals surface area contributed by atoms with Gasteiger partial charge in [-0.25, -0.2) is 9.59 Å². The molecule has 0 spiro atoms. The lowest BCUT2D eigenvalue weighted by Crippen LogP contribution is -2.49. The maximum atomic E-state index is 14.0. The van der Waals surface area contributed by atoms with Gasteiger partial charge in [-0.15, -0.1) is 0 Å². The summed E-state index contributed by atoms with van der Waals surface area (Å²) < 4.78 is 0. The van der Waals surface area contributed by atoms with E-state index in [9.17, 15) is 19.8 Å². The molecule has 5 aromatic carbocycles. The van der Waals surface area contributed by atoms with Gasteiger partial charge >= 0.3 is 11.9 Å². The van der Waals surface area contributed by atoms with Crippen molar-refractivity contribution in [3.63, 3.8) is 0 Å². The molecule has 6 fully saturated rings. The summed E-state index contributed by atoms with van der Waals surface area (Å²) >= 11 is 0. The van der Waals surface area contributed by atoms with Gasteiger partial charge in [0, 0.05) is 0 Å². The molecule has 6 saturated carbocycles. The summed E-state index contributed by atoms with van der Waals surface area (Å²) in [4.78, 5) is 26.7. The first-order chi connectivity index (χ1) is 25.2. The first kappa shape index (κ1) is 34.1. The van der Waals surface area contributed by atoms with Crippen LogP contribution in [0.4, 0.5) is 0 Å². The van der Waals surface area contributed by atoms with Crippen LogP contribution in [-0.2, 0) is 10.8 Å². The fourth-order valence-electron chi connectivity index (χ4n) is 12.9. The zero-order valence-corrected chi connectivity index (χ0v) is 31.5. The Morgan fingerprint density at radius 1 is 0.500 bits per heavy atom. The molecule has 4 heteroatoms. The molecule has 6 aliphatic rings. The molecule has 4 nitrogen and oxygen atoms in total. The van der Waals surface area contributed by atoms with E-state index in [1.54, 1.807) is 0 Å². The van der Waals surface area contributed by atoms with Crippen LogP contribution in [-0.4, -0.2) is 22.2 Å². The summed E-state index contributed by atoms with van der Waals surface area (Å²) in [6.45, 7) is 4.60. The molecule has 0 saturated heterocycles. The number of aromatic carboxylic acids is 2. The van der Waals surface area contributed by atoms with Crippen molar-refractivity contribution in [2.75, 3.05) is 0 Å². The Bertz CT molecular complexity index is 2170. The van der Waals surface area contributed by atoms with Crippen LogP contribution in [0.3, 0.4) is 0 Å². The number of carboxylic acids is 2. The van der Waals surface area contributed by atoms with Crippen LogP contribution in [0.15, 0.2) is 48.5 Å². The standard InChI is InChI=1S/C48H56O4/c1-3-5-7-17-45-19-25-47(26-20-45,27-21-45)41-39-36-16-15-34(43(49)50)33-13-9-11-31(37(33)36)32-12-10-14-35(38(32)39)40(44(51)52)42(41)48-28-22-46(23-29-48,24-30-48)18-8-6-4-2/h9-16H,3-8,17-30H2,1-2H3,(H,49,50)(H,51,52). The molecule has 0 heterocycles. The van der Waals surface area contributed by atoms with E-state index in [0.717, 1.165) is 76.2 Å². The number of carboxylic acid groups (broad SMARTS) is 2. The van der Waals surface area contributed by atoms with Crippen molar-refractivity contribution in [3.8, 4) is 0 Å². The Morgan fingerprint density at radius 2 is 0.981 bits per heavy atom. The van der Waals surface area contributed by atoms with Crippen molar-refractivity contribution in [1.29, 1.82) is 0 Å². The van der Waals surface area contributed by atoms with Crippen LogP contribution in [0.2, 0.25) is 0 Å². The van der Waals surface area contributed by atoms with E-state index in [2.05, 4.69) is 38.1 Å². The molecular weight excluding hydrogens is 641 g/mol. The number of rotatable bonds is 12. The Morgan fingerprint density at radius 3 is 1.48 bits per heavy atom. The highest BCUT2D eigenvalue weighted by molar-refractivity contribution is 6.36. The second kappa shape index (κ2) is 12.5. The molecule has 272 valence electrons. The lowest BCUT2D eigenvalue weighted by atomic mass is 9.46. The number of unbranched alkanes of at least 4 members (excludes halogenated alkanes) is 4. The minimum atomic E-state index is -0.905. The van der Waals surface area contributed by atoms with Gasteiger partial charge in [0.25, 0.3) is 0 Å². The van der Waals surface area contributed by atoms with Crippen molar-refractivity contribution < 1.29 is 19.8 Å². The van der Waals surface area contributed by atoms with Crippen LogP contribution in [0.5, 0.6) is 0 Å². The molecule has 4 bridgehead atoms. The molecule has 11 rings (SSSR count). The second-order valence-electron chi connectivity index (χ2n) is 18.2. The number of hydrogen-bond acceptors (Lipinski definition) is 2. The summed E-state index contributed by atoms with van der Waals surface area (Å²) in [6, 6.07) is 16.3. The fourth-order valence-corrected chi connectivity index (χ4v) is 12.9. The van der Waals surface area contributed by atoms with Crippen LogP contribution in [0, 0.1) is 10.8 Å². The van der Waals surface area contributed by atoms with Gasteiger partial charge in [-0.3, -0.25) is 0 Å². The van der Waals surface area contributed by atoms with Gasteiger partial charge in [0.15, 0.2) is 0 Å². The Kier molecular flexibility index (Phi) is 8.18. The Hall–Kier alpha value is -3.66. The molecule has 0 unspecified atom stereocenters. The lowest BCUT2D eigenvalue weighted by molar-refractivity contribution is 0.0188. The highest BCUT2D eigenvalue weighted by atomic mass is 16.4. The molecule has 0 radical (unpaired) electrons. The van der Waals surface area contributed by atoms with E-state index >= 15 is 0 Å². The third-order valence-electron chi connectivity index (χ3n) is 15.9. The Labute approximate surface area is 308 Å². The Balaban J connectivity index is 1.36. The average Bonchev–Trinajstić information content (AvgIpc) is 3.17. The minimum absolute atomic E-state index is 0.0748. The van der Waals surface area contributed by atoms with Gasteiger partial charge in [0.1, 0.15) is 0 Å². The number of hydrogen-bond donors (Lipinski definition) is 2. The van der Waals surface area contributed by atoms with E-state index in [1.165, 1.54) is 106 Å². The highest BCUT2D eigenvalue weighted by Gasteiger charge is 2.56. The maximum absolute atomic E-state index is 14.0. The molecular formula is C48H56O4. The highest BCUT2D eigenvalue weighted by Crippen LogP contribution is 2.67. The quantitative estimate of drug-likeness (QED) is 0.0773. The minimum Gasteiger partial charge on any atom is -0.478 e. The number of fused-ring (bicyclic) bond motifs is 8. The third kappa shape index (κ3) is 4.91. The molecule has 6 aliphatic carbocycles. The summed E-state index contributed by atoms with van der Waals surface area (Å²) in [5.74, 6) is -1.68. The molecule has 0 aromatic heterocycles. The largest absolute Gasteiger partial charge is 0.478 e. The molecule has 0 aliphatic heterocycles. The lowest BCUT2D eigenvalue weighted by Gasteiger charge is -2.58. The first-order valence-corrected chi connectivity index (χ1v) is 20.9. The average molecular weight is 697 g/mol. The van der Waals surface area contributed by atoms with Gasteiger partial charge in [-0.05, 0) is 172 Å². The molecule has 2 N–H and O–H groups in total. The van der Waals surface area contributed by atoms with E-state index in [4.69, 9.17) is 0 Å². The summed E-state index contributed by atoms with van der Waals surface area (Å²) in [7, 11) is 0. The van der Waals surface area contributed by atoms with E-state index in [-0.39, 0.29) is 10.8 Å². The SMILES string of the molecule is CCCCCC12CCC(c3c(C(=O)O)c4cccc5c6cccc7c(C(=O)O)ccc(c(c3C38CCC(CCCCC)(CC3)CC8)c45)c76)(CC1)CC2. The topological polar surface area (TPSA) is 74.6 Å². The fraction of sp³-hybridized carbons (Fsp3) is 0.542. The van der Waals surface area contributed by atoms with Crippen LogP contribution in [0.1, 0.15) is 174 Å². The predicted octanol–water partition coefficient (Wildman–Crippen LogP) is 13.5. The molecule has 0 atom stereocenters. The van der Waals surface area contributed by atoms with E-state index in [0.29, 0.717) is 22.0 Å². The van der Waals surface area contributed by atoms with Gasteiger partial charge < -0.3 is 10.2 Å². The van der Waals surface area contributed by atoms with Gasteiger partial charge in [-0.2, -0.15) is 0 Å². The van der Waals surface area contributed by atoms with E-state index in [1.807, 2.05) is 24.3 Å². The summed E-state index contributed by atoms with van der Waals surface area (Å²) in [5, 5.41) is 30.1. The third-order valence-corrected chi connectivity index (χ3v) is 15.9. The predicted molar refractivity (Wildman–Crippen MR) is 213 cm³/mol. The maximum Gasteiger partial charge on any atom is 0.336 e. The second-order valence-corrected chi connectivity index (χ2v) is 18.2. The number of carbonyl (C=O) groups is 2. The first-order valence-electron chi connectivity index (χ1n) is 20.9. The summed E-state index contributed by atoms with van der Waals surface area (Å²) in [6.07, 6.45) is 24.3. The van der Waals surface area contributed by atoms with Crippen molar-refractivity contribution >= 4 is 55.0 Å². The zero-order valence-electron chi connectivity index (χ0n) is 31.5. The molecule has 0 amide bonds. The van der Waals surface area contributed by atoms with Crippen LogP contribution >= 0.6 is 0 Å². The van der Waals surface area contributed by atoms with Crippen molar-refractivity contribution in [2.45, 2.75) is 153 Å². The number of benzene rings is 5. The van der Waals surface area contributed by atoms with Gasteiger partial charge in [-0.1, -0.05) is 94.8 Å². The normalized spacial score (nSPS) is 28.5. The molecule has 52 heavy (non-hydrogen) atoms. The monoisotopic (exact) mass is 696 g/mol. The zero-order chi connectivity index (χ0) is 35.9. The van der Waals surface area contributed by atoms with Crippen LogP contribution in [0.25, 0.3) is 43.1 Å². The summed E-state index contributed by atoms with van der Waals surface area (Å²) in [5.41, 5.74) is 4.10. The van der Waals surface area contributed by atoms with Gasteiger partial charge in [0.05, 0.1) is 11.1 Å². The van der Waals surface area contributed by atoms with E-state index < -0.39 is 11.9 Å². The van der Waals surface area contributed by atoms with Gasteiger partial charge in [0.2, 0.25) is 0 Å². The van der Waals surface area contributed by atoms with Crippen molar-refractivity contribution in [2.24, 2.45) is 10.8 Å². The van der Waals surface area contributed by atoms with Crippen LogP contribution < -0.4 is 0 Å². The smallest absolute Gasteiger partial charge is 0.336 e. The molecule has 5 aromatic rings.